The molecule has 1 heterocycles. The number of ether oxygens (including phenoxy) is 1. The Kier molecular flexibility index (Phi) is 6.12. The van der Waals surface area contributed by atoms with Gasteiger partial charge in [0.1, 0.15) is 5.75 Å². The number of carboxylic acid groups (broad SMARTS) is 1. The lowest BCUT2D eigenvalue weighted by Gasteiger charge is -2.09. The molecule has 0 N–H and O–H groups in total. The maximum atomic E-state index is 12.6. The zero-order chi connectivity index (χ0) is 20.4. The van der Waals surface area contributed by atoms with E-state index in [9.17, 15) is 14.7 Å². The topological polar surface area (TPSA) is 82.0 Å². The van der Waals surface area contributed by atoms with Gasteiger partial charge < -0.3 is 14.6 Å². The highest BCUT2D eigenvalue weighted by Crippen LogP contribution is 2.35. The minimum Gasteiger partial charge on any atom is -0.545 e. The molecule has 0 spiro atoms. The molecule has 0 bridgehead atoms. The van der Waals surface area contributed by atoms with Gasteiger partial charge in [-0.1, -0.05) is 27.5 Å². The molecule has 0 aromatic heterocycles. The summed E-state index contributed by atoms with van der Waals surface area (Å²) in [6, 6.07) is 9.80. The number of carboxylic acids is 1. The third kappa shape index (κ3) is 4.24. The molecule has 144 valence electrons. The van der Waals surface area contributed by atoms with Crippen molar-refractivity contribution in [2.75, 3.05) is 14.2 Å². The number of rotatable bonds is 4. The Hall–Kier alpha value is -2.29. The zero-order valence-corrected chi connectivity index (χ0v) is 17.9. The number of methoxy groups -OCH3 is 1. The summed E-state index contributed by atoms with van der Waals surface area (Å²) >= 11 is 10.4. The van der Waals surface area contributed by atoms with E-state index in [1.807, 2.05) is 12.1 Å². The van der Waals surface area contributed by atoms with Gasteiger partial charge in [-0.3, -0.25) is 9.69 Å². The minimum atomic E-state index is -1.39. The van der Waals surface area contributed by atoms with Crippen LogP contribution in [0.15, 0.2) is 50.8 Å². The molecule has 1 fully saturated rings. The Morgan fingerprint density at radius 2 is 2.07 bits per heavy atom. The first-order chi connectivity index (χ1) is 13.3. The van der Waals surface area contributed by atoms with Crippen molar-refractivity contribution in [3.63, 3.8) is 0 Å². The third-order valence-corrected chi connectivity index (χ3v) is 5.76. The van der Waals surface area contributed by atoms with Crippen molar-refractivity contribution in [3.8, 4) is 5.75 Å². The number of halogens is 2. The standard InChI is InChI=1S/C19H14BrClN2O4S/c1-23-17(24)16(8-10-7-11(20)3-6-15(10)27-2)28-19(23)22-12-4-5-14(21)13(9-12)18(25)26/h3-9H,1-2H3,(H,25,26)/p-1/b16-8-,22-19?. The van der Waals surface area contributed by atoms with Crippen LogP contribution in [0.3, 0.4) is 0 Å². The molecule has 1 aliphatic heterocycles. The summed E-state index contributed by atoms with van der Waals surface area (Å²) in [5.74, 6) is -0.980. The lowest BCUT2D eigenvalue weighted by molar-refractivity contribution is -0.255. The van der Waals surface area contributed by atoms with Crippen LogP contribution in [0.25, 0.3) is 6.08 Å². The summed E-state index contributed by atoms with van der Waals surface area (Å²) < 4.78 is 6.19. The van der Waals surface area contributed by atoms with E-state index in [0.717, 1.165) is 10.0 Å². The van der Waals surface area contributed by atoms with Crippen molar-refractivity contribution in [2.45, 2.75) is 0 Å². The smallest absolute Gasteiger partial charge is 0.266 e. The average Bonchev–Trinajstić information content (AvgIpc) is 2.91. The second kappa shape index (κ2) is 8.38. The lowest BCUT2D eigenvalue weighted by atomic mass is 10.2. The number of aromatic carboxylic acids is 1. The summed E-state index contributed by atoms with van der Waals surface area (Å²) in [5, 5.41) is 11.6. The maximum Gasteiger partial charge on any atom is 0.266 e. The number of carbonyl (C=O) groups is 2. The number of carbonyl (C=O) groups excluding carboxylic acids is 2. The van der Waals surface area contributed by atoms with E-state index in [1.54, 1.807) is 32.4 Å². The SMILES string of the molecule is COc1ccc(Br)cc1/C=C1\SC(=Nc2ccc(Cl)c(C(=O)[O-])c2)N(C)C1=O. The molecule has 0 radical (unpaired) electrons. The van der Waals surface area contributed by atoms with Crippen LogP contribution in [0.5, 0.6) is 5.75 Å². The Morgan fingerprint density at radius 3 is 2.75 bits per heavy atom. The van der Waals surface area contributed by atoms with Crippen LogP contribution in [0.1, 0.15) is 15.9 Å². The highest BCUT2D eigenvalue weighted by atomic mass is 79.9. The summed E-state index contributed by atoms with van der Waals surface area (Å²) in [5.41, 5.74) is 0.940. The number of likely N-dealkylation sites (N-methyl/N-ethyl adjacent to an activating group) is 1. The van der Waals surface area contributed by atoms with E-state index >= 15 is 0 Å². The summed E-state index contributed by atoms with van der Waals surface area (Å²) in [6.45, 7) is 0. The van der Waals surface area contributed by atoms with E-state index in [-0.39, 0.29) is 16.5 Å². The monoisotopic (exact) mass is 479 g/mol. The van der Waals surface area contributed by atoms with Gasteiger partial charge in [-0.05, 0) is 54.2 Å². The summed E-state index contributed by atoms with van der Waals surface area (Å²) in [7, 11) is 3.16. The molecular formula is C19H13BrClN2O4S-. The van der Waals surface area contributed by atoms with Crippen LogP contribution in [0, 0.1) is 0 Å². The number of hydrogen-bond acceptors (Lipinski definition) is 6. The number of hydrogen-bond donors (Lipinski definition) is 0. The largest absolute Gasteiger partial charge is 0.545 e. The van der Waals surface area contributed by atoms with Gasteiger partial charge in [0.2, 0.25) is 0 Å². The molecule has 0 unspecified atom stereocenters. The van der Waals surface area contributed by atoms with Crippen LogP contribution in [-0.2, 0) is 4.79 Å². The highest BCUT2D eigenvalue weighted by Gasteiger charge is 2.30. The van der Waals surface area contributed by atoms with Gasteiger partial charge in [0, 0.05) is 27.7 Å². The van der Waals surface area contributed by atoms with Gasteiger partial charge in [0.05, 0.1) is 23.7 Å². The predicted octanol–water partition coefficient (Wildman–Crippen LogP) is 3.71. The molecule has 28 heavy (non-hydrogen) atoms. The Morgan fingerprint density at radius 1 is 1.32 bits per heavy atom. The third-order valence-electron chi connectivity index (χ3n) is 3.88. The molecule has 1 aliphatic rings. The molecule has 6 nitrogen and oxygen atoms in total. The number of amides is 1. The molecule has 2 aromatic rings. The van der Waals surface area contributed by atoms with Crippen molar-refractivity contribution in [1.82, 2.24) is 4.90 Å². The van der Waals surface area contributed by atoms with E-state index in [0.29, 0.717) is 21.5 Å². The van der Waals surface area contributed by atoms with Gasteiger partial charge in [-0.2, -0.15) is 0 Å². The van der Waals surface area contributed by atoms with Crippen LogP contribution in [0.4, 0.5) is 5.69 Å². The molecule has 2 aromatic carbocycles. The van der Waals surface area contributed by atoms with Gasteiger partial charge in [0.15, 0.2) is 5.17 Å². The second-order valence-corrected chi connectivity index (χ2v) is 8.04. The first-order valence-corrected chi connectivity index (χ1v) is 9.89. The number of thioether (sulfide) groups is 1. The fraction of sp³-hybridized carbons (Fsp3) is 0.105. The Bertz CT molecular complexity index is 1040. The molecule has 3 rings (SSSR count). The van der Waals surface area contributed by atoms with Gasteiger partial charge in [-0.25, -0.2) is 4.99 Å². The Balaban J connectivity index is 1.96. The fourth-order valence-electron chi connectivity index (χ4n) is 2.46. The van der Waals surface area contributed by atoms with Crippen molar-refractivity contribution in [3.05, 3.63) is 61.9 Å². The second-order valence-electron chi connectivity index (χ2n) is 5.71. The predicted molar refractivity (Wildman–Crippen MR) is 112 cm³/mol. The van der Waals surface area contributed by atoms with Gasteiger partial charge >= 0.3 is 0 Å². The highest BCUT2D eigenvalue weighted by molar-refractivity contribution is 9.10. The van der Waals surface area contributed by atoms with Crippen molar-refractivity contribution in [2.24, 2.45) is 4.99 Å². The number of aliphatic imine (C=N–C) groups is 1. The normalized spacial score (nSPS) is 16.9. The molecule has 9 heteroatoms. The molecule has 1 saturated heterocycles. The van der Waals surface area contributed by atoms with Crippen LogP contribution in [-0.4, -0.2) is 36.1 Å². The quantitative estimate of drug-likeness (QED) is 0.623. The molecule has 0 atom stereocenters. The number of amidine groups is 1. The van der Waals surface area contributed by atoms with E-state index in [4.69, 9.17) is 16.3 Å². The van der Waals surface area contributed by atoms with Crippen LogP contribution < -0.4 is 9.84 Å². The van der Waals surface area contributed by atoms with E-state index in [1.165, 1.54) is 28.8 Å². The fourth-order valence-corrected chi connectivity index (χ4v) is 4.01. The molecule has 1 amide bonds. The number of benzene rings is 2. The van der Waals surface area contributed by atoms with Crippen LogP contribution >= 0.6 is 39.3 Å². The van der Waals surface area contributed by atoms with Gasteiger partial charge in [0.25, 0.3) is 5.91 Å². The summed E-state index contributed by atoms with van der Waals surface area (Å²) in [4.78, 5) is 30.0. The lowest BCUT2D eigenvalue weighted by Crippen LogP contribution is -2.24. The van der Waals surface area contributed by atoms with Gasteiger partial charge in [-0.15, -0.1) is 0 Å². The Labute approximate surface area is 179 Å². The van der Waals surface area contributed by atoms with Crippen LogP contribution in [0.2, 0.25) is 5.02 Å². The molecule has 0 saturated carbocycles. The van der Waals surface area contributed by atoms with Crippen molar-refractivity contribution < 1.29 is 19.4 Å². The molecule has 0 aliphatic carbocycles. The van der Waals surface area contributed by atoms with Crippen molar-refractivity contribution in [1.29, 1.82) is 0 Å². The first-order valence-electron chi connectivity index (χ1n) is 7.91. The minimum absolute atomic E-state index is 0.0646. The van der Waals surface area contributed by atoms with E-state index < -0.39 is 5.97 Å². The first kappa shape index (κ1) is 20.4. The average molecular weight is 481 g/mol. The maximum absolute atomic E-state index is 12.6. The van der Waals surface area contributed by atoms with Crippen molar-refractivity contribution >= 4 is 68.1 Å². The van der Waals surface area contributed by atoms with E-state index in [2.05, 4.69) is 20.9 Å². The summed E-state index contributed by atoms with van der Waals surface area (Å²) in [6.07, 6.45) is 1.73. The zero-order valence-electron chi connectivity index (χ0n) is 14.7. The number of nitrogens with zero attached hydrogens (tertiary/aromatic N) is 2. The molecular weight excluding hydrogens is 468 g/mol.